The van der Waals surface area contributed by atoms with Gasteiger partial charge in [0.05, 0.1) is 19.3 Å². The fourth-order valence-electron chi connectivity index (χ4n) is 2.38. The molecule has 1 aliphatic rings. The first-order valence-electron chi connectivity index (χ1n) is 7.96. The number of carbonyl (C=O) groups excluding carboxylic acids is 2. The highest BCUT2D eigenvalue weighted by Gasteiger charge is 2.26. The van der Waals surface area contributed by atoms with Crippen molar-refractivity contribution < 1.29 is 19.1 Å². The maximum absolute atomic E-state index is 12.0. The molecule has 1 saturated heterocycles. The molecule has 0 saturated carbocycles. The van der Waals surface area contributed by atoms with Crippen LogP contribution in [0.3, 0.4) is 0 Å². The maximum Gasteiger partial charge on any atom is 0.251 e. The van der Waals surface area contributed by atoms with E-state index in [0.29, 0.717) is 18.9 Å². The molecule has 128 valence electrons. The van der Waals surface area contributed by atoms with Crippen LogP contribution in [0.15, 0.2) is 10.6 Å². The molecule has 0 aromatic carbocycles. The Balaban J connectivity index is 1.85. The normalized spacial score (nSPS) is 19.6. The van der Waals surface area contributed by atoms with Crippen molar-refractivity contribution in [1.82, 2.24) is 15.2 Å². The summed E-state index contributed by atoms with van der Waals surface area (Å²) in [6.07, 6.45) is 2.71. The molecule has 2 N–H and O–H groups in total. The van der Waals surface area contributed by atoms with Crippen LogP contribution in [0.25, 0.3) is 0 Å². The van der Waals surface area contributed by atoms with Crippen molar-refractivity contribution in [2.24, 2.45) is 0 Å². The molecule has 1 fully saturated rings. The first-order chi connectivity index (χ1) is 10.8. The number of nitrogens with zero attached hydrogens (tertiary/aromatic N) is 2. The summed E-state index contributed by atoms with van der Waals surface area (Å²) >= 11 is 0. The summed E-state index contributed by atoms with van der Waals surface area (Å²) in [5.41, 5.74) is -0.135. The Morgan fingerprint density at radius 1 is 1.48 bits per heavy atom. The highest BCUT2D eigenvalue weighted by atomic mass is 16.4. The number of rotatable bonds is 4. The fraction of sp³-hybridized carbons (Fsp3) is 0.688. The zero-order valence-electron chi connectivity index (χ0n) is 14.0. The second kappa shape index (κ2) is 7.12. The minimum Gasteiger partial charge on any atom is -0.443 e. The smallest absolute Gasteiger partial charge is 0.251 e. The molecule has 23 heavy (non-hydrogen) atoms. The van der Waals surface area contributed by atoms with Crippen LogP contribution >= 0.6 is 0 Å². The van der Waals surface area contributed by atoms with E-state index in [1.54, 1.807) is 6.20 Å². The third-order valence-electron chi connectivity index (χ3n) is 3.82. The predicted molar refractivity (Wildman–Crippen MR) is 83.5 cm³/mol. The number of oxazole rings is 1. The quantitative estimate of drug-likeness (QED) is 0.860. The number of hydrogen-bond donors (Lipinski definition) is 2. The molecule has 2 heterocycles. The van der Waals surface area contributed by atoms with Gasteiger partial charge in [-0.2, -0.15) is 0 Å². The van der Waals surface area contributed by atoms with E-state index in [1.807, 2.05) is 20.8 Å². The van der Waals surface area contributed by atoms with Crippen LogP contribution in [0.5, 0.6) is 0 Å². The van der Waals surface area contributed by atoms with Crippen LogP contribution in [-0.2, 0) is 21.5 Å². The van der Waals surface area contributed by atoms with E-state index in [4.69, 9.17) is 4.42 Å². The molecule has 1 aromatic rings. The largest absolute Gasteiger partial charge is 0.443 e. The van der Waals surface area contributed by atoms with Crippen LogP contribution in [0.4, 0.5) is 0 Å². The standard InChI is InChI=1S/C16H25N3O4/c1-16(2,3)12-8-18-14(23-12)9-17-13(21)10-19-7-5-4-6-11(20)15(19)22/h8,11,20H,4-7,9-10H2,1-3H3,(H,17,21). The summed E-state index contributed by atoms with van der Waals surface area (Å²) in [6.45, 7) is 6.68. The minimum atomic E-state index is -0.994. The molecule has 1 aromatic heterocycles. The molecule has 7 heteroatoms. The molecular weight excluding hydrogens is 298 g/mol. The third kappa shape index (κ3) is 4.79. The van der Waals surface area contributed by atoms with Crippen molar-refractivity contribution in [2.75, 3.05) is 13.1 Å². The number of aromatic nitrogens is 1. The number of likely N-dealkylation sites (tertiary alicyclic amines) is 1. The van der Waals surface area contributed by atoms with E-state index in [-0.39, 0.29) is 30.3 Å². The maximum atomic E-state index is 12.0. The number of nitrogens with one attached hydrogen (secondary N) is 1. The van der Waals surface area contributed by atoms with Gasteiger partial charge in [-0.25, -0.2) is 4.98 Å². The monoisotopic (exact) mass is 323 g/mol. The lowest BCUT2D eigenvalue weighted by molar-refractivity contribution is -0.142. The number of amides is 2. The Labute approximate surface area is 136 Å². The van der Waals surface area contributed by atoms with Gasteiger partial charge in [-0.3, -0.25) is 9.59 Å². The molecule has 0 aliphatic carbocycles. The van der Waals surface area contributed by atoms with Gasteiger partial charge in [0.25, 0.3) is 5.91 Å². The minimum absolute atomic E-state index is 0.0528. The summed E-state index contributed by atoms with van der Waals surface area (Å²) < 4.78 is 5.60. The van der Waals surface area contributed by atoms with Crippen molar-refractivity contribution in [3.63, 3.8) is 0 Å². The van der Waals surface area contributed by atoms with Gasteiger partial charge in [-0.05, 0) is 19.3 Å². The molecule has 1 aliphatic heterocycles. The van der Waals surface area contributed by atoms with Crippen molar-refractivity contribution in [1.29, 1.82) is 0 Å². The van der Waals surface area contributed by atoms with Gasteiger partial charge >= 0.3 is 0 Å². The van der Waals surface area contributed by atoms with E-state index in [9.17, 15) is 14.7 Å². The highest BCUT2D eigenvalue weighted by Crippen LogP contribution is 2.22. The average Bonchev–Trinajstić information content (AvgIpc) is 2.90. The van der Waals surface area contributed by atoms with Gasteiger partial charge in [0.1, 0.15) is 11.9 Å². The molecular formula is C16H25N3O4. The summed E-state index contributed by atoms with van der Waals surface area (Å²) in [7, 11) is 0. The summed E-state index contributed by atoms with van der Waals surface area (Å²) in [6, 6.07) is 0. The second-order valence-corrected chi connectivity index (χ2v) is 6.92. The van der Waals surface area contributed by atoms with Crippen molar-refractivity contribution in [2.45, 2.75) is 58.1 Å². The SMILES string of the molecule is CC(C)(C)c1cnc(CNC(=O)CN2CCCCC(O)C2=O)o1. The Morgan fingerprint density at radius 2 is 2.22 bits per heavy atom. The second-order valence-electron chi connectivity index (χ2n) is 6.92. The Morgan fingerprint density at radius 3 is 2.87 bits per heavy atom. The number of hydrogen-bond acceptors (Lipinski definition) is 5. The summed E-state index contributed by atoms with van der Waals surface area (Å²) in [5.74, 6) is 0.532. The lowest BCUT2D eigenvalue weighted by Gasteiger charge is -2.21. The lowest BCUT2D eigenvalue weighted by Crippen LogP contribution is -2.44. The van der Waals surface area contributed by atoms with Gasteiger partial charge in [0, 0.05) is 12.0 Å². The van der Waals surface area contributed by atoms with E-state index >= 15 is 0 Å². The number of aliphatic hydroxyl groups excluding tert-OH is 1. The Kier molecular flexibility index (Phi) is 5.41. The average molecular weight is 323 g/mol. The summed E-state index contributed by atoms with van der Waals surface area (Å²) in [5, 5.41) is 12.4. The lowest BCUT2D eigenvalue weighted by atomic mass is 9.94. The van der Waals surface area contributed by atoms with Gasteiger partial charge in [-0.1, -0.05) is 20.8 Å². The topological polar surface area (TPSA) is 95.7 Å². The molecule has 0 bridgehead atoms. The van der Waals surface area contributed by atoms with Crippen LogP contribution in [0.1, 0.15) is 51.7 Å². The van der Waals surface area contributed by atoms with E-state index in [2.05, 4.69) is 10.3 Å². The van der Waals surface area contributed by atoms with Crippen LogP contribution in [0, 0.1) is 0 Å². The molecule has 1 unspecified atom stereocenters. The van der Waals surface area contributed by atoms with Crippen molar-refractivity contribution in [3.8, 4) is 0 Å². The van der Waals surface area contributed by atoms with Crippen molar-refractivity contribution in [3.05, 3.63) is 17.8 Å². The highest BCUT2D eigenvalue weighted by molar-refractivity contribution is 5.87. The summed E-state index contributed by atoms with van der Waals surface area (Å²) in [4.78, 5) is 29.5. The van der Waals surface area contributed by atoms with Gasteiger partial charge in [0.15, 0.2) is 0 Å². The molecule has 2 rings (SSSR count). The number of aliphatic hydroxyl groups is 1. The predicted octanol–water partition coefficient (Wildman–Crippen LogP) is 0.962. The van der Waals surface area contributed by atoms with E-state index < -0.39 is 6.10 Å². The van der Waals surface area contributed by atoms with E-state index in [1.165, 1.54) is 4.90 Å². The zero-order valence-corrected chi connectivity index (χ0v) is 14.0. The third-order valence-corrected chi connectivity index (χ3v) is 3.82. The molecule has 0 spiro atoms. The van der Waals surface area contributed by atoms with Crippen LogP contribution in [0.2, 0.25) is 0 Å². The van der Waals surface area contributed by atoms with E-state index in [0.717, 1.165) is 18.6 Å². The molecule has 1 atom stereocenters. The zero-order chi connectivity index (χ0) is 17.0. The molecule has 2 amide bonds. The number of carbonyl (C=O) groups is 2. The first-order valence-corrected chi connectivity index (χ1v) is 7.96. The molecule has 7 nitrogen and oxygen atoms in total. The molecule has 0 radical (unpaired) electrons. The van der Waals surface area contributed by atoms with Gasteiger partial charge < -0.3 is 19.7 Å². The van der Waals surface area contributed by atoms with Gasteiger partial charge in [0.2, 0.25) is 11.8 Å². The Hall–Kier alpha value is -1.89. The van der Waals surface area contributed by atoms with Crippen molar-refractivity contribution >= 4 is 11.8 Å². The fourth-order valence-corrected chi connectivity index (χ4v) is 2.38. The van der Waals surface area contributed by atoms with Crippen LogP contribution in [-0.4, -0.2) is 46.0 Å². The van der Waals surface area contributed by atoms with Crippen LogP contribution < -0.4 is 5.32 Å². The van der Waals surface area contributed by atoms with Gasteiger partial charge in [-0.15, -0.1) is 0 Å². The Bertz CT molecular complexity index is 562. The first kappa shape index (κ1) is 17.5.